The Labute approximate surface area is 108 Å². The van der Waals surface area contributed by atoms with Crippen molar-refractivity contribution in [3.63, 3.8) is 0 Å². The molecule has 0 spiro atoms. The normalized spacial score (nSPS) is 11.8. The predicted molar refractivity (Wildman–Crippen MR) is 69.2 cm³/mol. The van der Waals surface area contributed by atoms with Crippen LogP contribution < -0.4 is 4.74 Å². The molecule has 0 aliphatic carbocycles. The van der Waals surface area contributed by atoms with Gasteiger partial charge in [-0.15, -0.1) is 0 Å². The molecule has 0 amide bonds. The molecule has 0 aliphatic heterocycles. The summed E-state index contributed by atoms with van der Waals surface area (Å²) in [4.78, 5) is 0.267. The fraction of sp³-hybridized carbons (Fsp3) is 0.500. The van der Waals surface area contributed by atoms with Crippen molar-refractivity contribution in [3.8, 4) is 5.75 Å². The van der Waals surface area contributed by atoms with E-state index in [4.69, 9.17) is 9.84 Å². The van der Waals surface area contributed by atoms with Gasteiger partial charge < -0.3 is 9.84 Å². The molecule has 6 heteroatoms. The standard InChI is InChI=1S/C12H19NO4S/c1-10-9-11(17-3)5-6-12(10)18(15,16)13(2)7-4-8-14/h5-6,9,14H,4,7-8H2,1-3H3. The lowest BCUT2D eigenvalue weighted by Crippen LogP contribution is -2.29. The van der Waals surface area contributed by atoms with Crippen LogP contribution in [0.1, 0.15) is 12.0 Å². The van der Waals surface area contributed by atoms with Gasteiger partial charge in [-0.2, -0.15) is 0 Å². The summed E-state index contributed by atoms with van der Waals surface area (Å²) in [6.45, 7) is 2.00. The molecule has 1 aromatic carbocycles. The van der Waals surface area contributed by atoms with Crippen LogP contribution in [0, 0.1) is 6.92 Å². The first-order valence-electron chi connectivity index (χ1n) is 5.65. The lowest BCUT2D eigenvalue weighted by atomic mass is 10.2. The van der Waals surface area contributed by atoms with Gasteiger partial charge in [-0.05, 0) is 37.1 Å². The van der Waals surface area contributed by atoms with E-state index in [1.807, 2.05) is 0 Å². The highest BCUT2D eigenvalue weighted by atomic mass is 32.2. The molecule has 0 saturated heterocycles. The summed E-state index contributed by atoms with van der Waals surface area (Å²) >= 11 is 0. The van der Waals surface area contributed by atoms with Crippen molar-refractivity contribution >= 4 is 10.0 Å². The smallest absolute Gasteiger partial charge is 0.243 e. The monoisotopic (exact) mass is 273 g/mol. The number of aliphatic hydroxyl groups excluding tert-OH is 1. The maximum atomic E-state index is 12.3. The van der Waals surface area contributed by atoms with Gasteiger partial charge in [0.05, 0.1) is 12.0 Å². The highest BCUT2D eigenvalue weighted by Crippen LogP contribution is 2.23. The molecular formula is C12H19NO4S. The van der Waals surface area contributed by atoms with Crippen molar-refractivity contribution < 1.29 is 18.3 Å². The van der Waals surface area contributed by atoms with Gasteiger partial charge in [0, 0.05) is 20.2 Å². The molecule has 0 fully saturated rings. The molecule has 0 saturated carbocycles. The zero-order valence-electron chi connectivity index (χ0n) is 10.9. The number of sulfonamides is 1. The highest BCUT2D eigenvalue weighted by Gasteiger charge is 2.22. The maximum absolute atomic E-state index is 12.3. The van der Waals surface area contributed by atoms with Crippen LogP contribution in [-0.2, 0) is 10.0 Å². The van der Waals surface area contributed by atoms with Crippen molar-refractivity contribution in [3.05, 3.63) is 23.8 Å². The molecule has 0 unspecified atom stereocenters. The Hall–Kier alpha value is -1.11. The molecule has 5 nitrogen and oxygen atoms in total. The zero-order chi connectivity index (χ0) is 13.8. The summed E-state index contributed by atoms with van der Waals surface area (Å²) in [5.74, 6) is 0.629. The molecule has 0 atom stereocenters. The predicted octanol–water partition coefficient (Wildman–Crippen LogP) is 1.01. The Morgan fingerprint density at radius 1 is 1.39 bits per heavy atom. The Balaban J connectivity index is 3.05. The summed E-state index contributed by atoms with van der Waals surface area (Å²) in [6, 6.07) is 4.85. The average Bonchev–Trinajstić information content (AvgIpc) is 2.35. The number of aliphatic hydroxyl groups is 1. The minimum atomic E-state index is -3.50. The second-order valence-electron chi connectivity index (χ2n) is 4.04. The third kappa shape index (κ3) is 3.22. The third-order valence-electron chi connectivity index (χ3n) is 2.70. The van der Waals surface area contributed by atoms with Crippen molar-refractivity contribution in [2.75, 3.05) is 27.3 Å². The second kappa shape index (κ2) is 6.17. The molecule has 1 aromatic rings. The summed E-state index contributed by atoms with van der Waals surface area (Å²) in [7, 11) is -0.454. The Morgan fingerprint density at radius 2 is 2.06 bits per heavy atom. The second-order valence-corrected chi connectivity index (χ2v) is 6.05. The first-order chi connectivity index (χ1) is 8.43. The van der Waals surface area contributed by atoms with Crippen molar-refractivity contribution in [1.82, 2.24) is 4.31 Å². The molecule has 1 rings (SSSR count). The van der Waals surface area contributed by atoms with Crippen LogP contribution in [0.4, 0.5) is 0 Å². The number of hydrogen-bond donors (Lipinski definition) is 1. The van der Waals surface area contributed by atoms with Gasteiger partial charge in [0.25, 0.3) is 0 Å². The fourth-order valence-corrected chi connectivity index (χ4v) is 3.03. The summed E-state index contributed by atoms with van der Waals surface area (Å²) in [5, 5.41) is 8.74. The average molecular weight is 273 g/mol. The minimum Gasteiger partial charge on any atom is -0.497 e. The van der Waals surface area contributed by atoms with E-state index >= 15 is 0 Å². The molecule has 0 bridgehead atoms. The van der Waals surface area contributed by atoms with Crippen molar-refractivity contribution in [1.29, 1.82) is 0 Å². The van der Waals surface area contributed by atoms with E-state index in [9.17, 15) is 8.42 Å². The van der Waals surface area contributed by atoms with Crippen molar-refractivity contribution in [2.45, 2.75) is 18.2 Å². The fourth-order valence-electron chi connectivity index (χ4n) is 1.62. The van der Waals surface area contributed by atoms with E-state index in [1.165, 1.54) is 18.5 Å². The molecule has 0 aliphatic rings. The number of methoxy groups -OCH3 is 1. The van der Waals surface area contributed by atoms with E-state index in [2.05, 4.69) is 0 Å². The molecule has 0 radical (unpaired) electrons. The Bertz CT molecular complexity index is 499. The van der Waals surface area contributed by atoms with Crippen LogP contribution in [0.3, 0.4) is 0 Å². The Kier molecular flexibility index (Phi) is 5.13. The van der Waals surface area contributed by atoms with Gasteiger partial charge in [0.1, 0.15) is 5.75 Å². The third-order valence-corrected chi connectivity index (χ3v) is 4.72. The van der Waals surface area contributed by atoms with Gasteiger partial charge in [-0.3, -0.25) is 0 Å². The van der Waals surface area contributed by atoms with Gasteiger partial charge in [-0.1, -0.05) is 0 Å². The first kappa shape index (κ1) is 14.9. The quantitative estimate of drug-likeness (QED) is 0.840. The van der Waals surface area contributed by atoms with Crippen LogP contribution in [-0.4, -0.2) is 45.1 Å². The maximum Gasteiger partial charge on any atom is 0.243 e. The largest absolute Gasteiger partial charge is 0.497 e. The molecule has 1 N–H and O–H groups in total. The SMILES string of the molecule is COc1ccc(S(=O)(=O)N(C)CCCO)c(C)c1. The van der Waals surface area contributed by atoms with Gasteiger partial charge in [0.2, 0.25) is 10.0 Å². The van der Waals surface area contributed by atoms with Crippen LogP contribution in [0.5, 0.6) is 5.75 Å². The summed E-state index contributed by atoms with van der Waals surface area (Å²) in [6.07, 6.45) is 0.422. The number of nitrogens with zero attached hydrogens (tertiary/aromatic N) is 1. The topological polar surface area (TPSA) is 66.8 Å². The number of hydrogen-bond acceptors (Lipinski definition) is 4. The van der Waals surface area contributed by atoms with Crippen LogP contribution in [0.15, 0.2) is 23.1 Å². The van der Waals surface area contributed by atoms with Crippen LogP contribution in [0.2, 0.25) is 0 Å². The summed E-state index contributed by atoms with van der Waals surface area (Å²) in [5.41, 5.74) is 0.644. The lowest BCUT2D eigenvalue weighted by molar-refractivity contribution is 0.275. The number of rotatable bonds is 6. The molecule has 18 heavy (non-hydrogen) atoms. The van der Waals surface area contributed by atoms with Gasteiger partial charge in [0.15, 0.2) is 0 Å². The van der Waals surface area contributed by atoms with E-state index in [-0.39, 0.29) is 11.5 Å². The van der Waals surface area contributed by atoms with E-state index in [0.717, 1.165) is 0 Å². The molecular weight excluding hydrogens is 254 g/mol. The van der Waals surface area contributed by atoms with Crippen LogP contribution in [0.25, 0.3) is 0 Å². The van der Waals surface area contributed by atoms with Gasteiger partial charge >= 0.3 is 0 Å². The number of ether oxygens (including phenoxy) is 1. The van der Waals surface area contributed by atoms with E-state index in [1.54, 1.807) is 25.1 Å². The van der Waals surface area contributed by atoms with Gasteiger partial charge in [-0.25, -0.2) is 12.7 Å². The lowest BCUT2D eigenvalue weighted by Gasteiger charge is -2.18. The molecule has 0 heterocycles. The molecule has 0 aromatic heterocycles. The van der Waals surface area contributed by atoms with E-state index < -0.39 is 10.0 Å². The zero-order valence-corrected chi connectivity index (χ0v) is 11.7. The summed E-state index contributed by atoms with van der Waals surface area (Å²) < 4.78 is 30.8. The number of benzene rings is 1. The van der Waals surface area contributed by atoms with Crippen LogP contribution >= 0.6 is 0 Å². The molecule has 102 valence electrons. The number of aryl methyl sites for hydroxylation is 1. The Morgan fingerprint density at radius 3 is 2.56 bits per heavy atom. The van der Waals surface area contributed by atoms with E-state index in [0.29, 0.717) is 24.3 Å². The van der Waals surface area contributed by atoms with Crippen molar-refractivity contribution in [2.24, 2.45) is 0 Å². The minimum absolute atomic E-state index is 0.0263. The highest BCUT2D eigenvalue weighted by molar-refractivity contribution is 7.89. The first-order valence-corrected chi connectivity index (χ1v) is 7.09.